The van der Waals surface area contributed by atoms with Crippen LogP contribution in [0.2, 0.25) is 0 Å². The van der Waals surface area contributed by atoms with Crippen LogP contribution in [0, 0.1) is 28.6 Å². The summed E-state index contributed by atoms with van der Waals surface area (Å²) in [4.78, 5) is 70.9. The zero-order valence-corrected chi connectivity index (χ0v) is 33.1. The summed E-state index contributed by atoms with van der Waals surface area (Å²) in [6.07, 6.45) is 11.6. The fourth-order valence-electron chi connectivity index (χ4n) is 9.47. The highest BCUT2D eigenvalue weighted by Crippen LogP contribution is 2.65. The van der Waals surface area contributed by atoms with Crippen LogP contribution in [-0.2, 0) is 29.0 Å². The van der Waals surface area contributed by atoms with E-state index in [-0.39, 0.29) is 41.4 Å². The Balaban J connectivity index is 1.39. The van der Waals surface area contributed by atoms with Gasteiger partial charge in [-0.05, 0) is 81.5 Å². The number of ketones is 1. The van der Waals surface area contributed by atoms with Gasteiger partial charge < -0.3 is 26.2 Å². The van der Waals surface area contributed by atoms with Gasteiger partial charge in [-0.25, -0.2) is 13.2 Å². The number of amides is 5. The van der Waals surface area contributed by atoms with Crippen molar-refractivity contribution in [3.63, 3.8) is 0 Å². The molecule has 0 spiro atoms. The van der Waals surface area contributed by atoms with Crippen molar-refractivity contribution in [3.05, 3.63) is 12.7 Å². The molecule has 0 aromatic heterocycles. The number of urea groups is 1. The summed E-state index contributed by atoms with van der Waals surface area (Å²) < 4.78 is 25.9. The molecule has 5 rings (SSSR count). The number of carbonyl (C=O) groups excluding carboxylic acids is 5. The van der Waals surface area contributed by atoms with Crippen LogP contribution in [0.3, 0.4) is 0 Å². The van der Waals surface area contributed by atoms with Crippen LogP contribution >= 0.6 is 0 Å². The lowest BCUT2D eigenvalue weighted by Crippen LogP contribution is -2.64. The number of Topliss-reactive ketones (excluding diaryl/α,β-unsaturated/α-hetero) is 1. The van der Waals surface area contributed by atoms with Crippen molar-refractivity contribution < 1.29 is 32.4 Å². The second-order valence-electron chi connectivity index (χ2n) is 18.5. The van der Waals surface area contributed by atoms with Crippen molar-refractivity contribution in [1.29, 1.82) is 0 Å². The van der Waals surface area contributed by atoms with E-state index in [0.29, 0.717) is 38.6 Å². The maximum absolute atomic E-state index is 14.8. The van der Waals surface area contributed by atoms with Crippen molar-refractivity contribution in [2.24, 2.45) is 28.6 Å². The number of hydrogen-bond donors (Lipinski definition) is 4. The number of rotatable bonds is 14. The summed E-state index contributed by atoms with van der Waals surface area (Å²) >= 11 is 0. The van der Waals surface area contributed by atoms with Gasteiger partial charge in [0.05, 0.1) is 22.1 Å². The Bertz CT molecular complexity index is 1520. The topological polar surface area (TPSA) is 171 Å². The molecule has 5 atom stereocenters. The van der Waals surface area contributed by atoms with E-state index in [0.717, 1.165) is 51.4 Å². The van der Waals surface area contributed by atoms with Gasteiger partial charge in [0.15, 0.2) is 9.84 Å². The molecule has 0 radical (unpaired) electrons. The first-order chi connectivity index (χ1) is 24.3. The van der Waals surface area contributed by atoms with Gasteiger partial charge in [-0.1, -0.05) is 78.2 Å². The van der Waals surface area contributed by atoms with E-state index in [1.807, 2.05) is 6.92 Å². The van der Waals surface area contributed by atoms with Crippen molar-refractivity contribution in [3.8, 4) is 0 Å². The number of fused-ring (bicyclic) bond motifs is 1. The molecule has 0 aromatic carbocycles. The molecular weight excluding hydrogens is 683 g/mol. The molecule has 1 unspecified atom stereocenters. The molecule has 52 heavy (non-hydrogen) atoms. The van der Waals surface area contributed by atoms with Gasteiger partial charge in [-0.15, -0.1) is 6.58 Å². The van der Waals surface area contributed by atoms with E-state index in [9.17, 15) is 32.4 Å². The Labute approximate surface area is 310 Å². The van der Waals surface area contributed by atoms with E-state index >= 15 is 0 Å². The third-order valence-electron chi connectivity index (χ3n) is 13.4. The predicted octanol–water partition coefficient (Wildman–Crippen LogP) is 4.18. The standard InChI is InChI=1S/C39H63N5O7S/c1-8-21-40-33(47)30(45)27(22-25-15-14-16-25)41-32(46)29-28-26(37(28,5)6)23-44(29)34(48)31(38(7)17-12-13-18-38)42-35(49)43-39(19-10-9-11-20-39)24-52(50,51)36(2,3)4/h8,25-29,31H,1,9-24H2,2-7H3,(H,40,47)(H,41,46)(H2,42,43,49)/t26-,27?,28-,29-,31+/m0/s1. The molecule has 5 fully saturated rings. The lowest BCUT2D eigenvalue weighted by molar-refractivity contribution is -0.145. The Morgan fingerprint density at radius 2 is 1.52 bits per heavy atom. The summed E-state index contributed by atoms with van der Waals surface area (Å²) in [5.74, 6) is -2.28. The Morgan fingerprint density at radius 1 is 0.904 bits per heavy atom. The maximum atomic E-state index is 14.8. The Hall–Kier alpha value is -2.96. The third-order valence-corrected chi connectivity index (χ3v) is 16.2. The van der Waals surface area contributed by atoms with E-state index in [2.05, 4.69) is 41.7 Å². The maximum Gasteiger partial charge on any atom is 0.315 e. The summed E-state index contributed by atoms with van der Waals surface area (Å²) in [5.41, 5.74) is -1.71. The molecule has 4 N–H and O–H groups in total. The van der Waals surface area contributed by atoms with Gasteiger partial charge in [-0.2, -0.15) is 0 Å². The minimum atomic E-state index is -3.56. The van der Waals surface area contributed by atoms with Crippen LogP contribution in [0.25, 0.3) is 0 Å². The number of nitrogens with zero attached hydrogens (tertiary/aromatic N) is 1. The molecule has 4 saturated carbocycles. The van der Waals surface area contributed by atoms with Crippen LogP contribution in [0.1, 0.15) is 125 Å². The van der Waals surface area contributed by atoms with Crippen molar-refractivity contribution in [1.82, 2.24) is 26.2 Å². The summed E-state index contributed by atoms with van der Waals surface area (Å²) in [5, 5.41) is 11.6. The monoisotopic (exact) mass is 745 g/mol. The first kappa shape index (κ1) is 40.2. The first-order valence-corrected chi connectivity index (χ1v) is 21.3. The molecule has 1 heterocycles. The van der Waals surface area contributed by atoms with Crippen molar-refractivity contribution >= 4 is 39.4 Å². The molecule has 13 heteroatoms. The molecule has 12 nitrogen and oxygen atoms in total. The van der Waals surface area contributed by atoms with Crippen LogP contribution in [0.4, 0.5) is 4.79 Å². The molecule has 292 valence electrons. The van der Waals surface area contributed by atoms with Gasteiger partial charge in [-0.3, -0.25) is 19.2 Å². The van der Waals surface area contributed by atoms with E-state index in [4.69, 9.17) is 0 Å². The van der Waals surface area contributed by atoms with E-state index < -0.39 is 67.3 Å². The average molecular weight is 746 g/mol. The van der Waals surface area contributed by atoms with E-state index in [1.165, 1.54) is 6.08 Å². The summed E-state index contributed by atoms with van der Waals surface area (Å²) in [7, 11) is -3.56. The number of hydrogen-bond acceptors (Lipinski definition) is 7. The summed E-state index contributed by atoms with van der Waals surface area (Å²) in [6, 6.07) is -3.38. The summed E-state index contributed by atoms with van der Waals surface area (Å²) in [6.45, 7) is 15.3. The zero-order valence-electron chi connectivity index (χ0n) is 32.3. The smallest absolute Gasteiger partial charge is 0.315 e. The van der Waals surface area contributed by atoms with Gasteiger partial charge in [0, 0.05) is 13.1 Å². The molecule has 4 aliphatic carbocycles. The first-order valence-electron chi connectivity index (χ1n) is 19.6. The lowest BCUT2D eigenvalue weighted by Gasteiger charge is -2.42. The SMILES string of the molecule is C=CCNC(=O)C(=O)C(CC1CCC1)NC(=O)[C@@H]1[C@@H]2[C@H](CN1C(=O)[C@@H](NC(=O)NC1(CS(=O)(=O)C(C)(C)C)CCCCC1)C1(C)CCCC1)C2(C)C. The quantitative estimate of drug-likeness (QED) is 0.153. The van der Waals surface area contributed by atoms with Gasteiger partial charge in [0.25, 0.3) is 5.91 Å². The van der Waals surface area contributed by atoms with Crippen LogP contribution < -0.4 is 21.3 Å². The second-order valence-corrected chi connectivity index (χ2v) is 21.2. The Kier molecular flexibility index (Phi) is 11.6. The average Bonchev–Trinajstić information content (AvgIpc) is 3.41. The Morgan fingerprint density at radius 3 is 2.08 bits per heavy atom. The normalized spacial score (nSPS) is 27.3. The van der Waals surface area contributed by atoms with Crippen LogP contribution in [-0.4, -0.2) is 90.1 Å². The number of carbonyl (C=O) groups is 5. The number of sulfone groups is 1. The minimum absolute atomic E-state index is 0.0721. The highest BCUT2D eigenvalue weighted by Gasteiger charge is 2.70. The van der Waals surface area contributed by atoms with Crippen molar-refractivity contribution in [2.75, 3.05) is 18.8 Å². The molecule has 5 amide bonds. The molecule has 5 aliphatic rings. The van der Waals surface area contributed by atoms with Gasteiger partial charge in [0.2, 0.25) is 17.6 Å². The van der Waals surface area contributed by atoms with Gasteiger partial charge >= 0.3 is 6.03 Å². The highest BCUT2D eigenvalue weighted by molar-refractivity contribution is 7.92. The van der Waals surface area contributed by atoms with Crippen LogP contribution in [0.15, 0.2) is 12.7 Å². The predicted molar refractivity (Wildman–Crippen MR) is 200 cm³/mol. The number of nitrogens with one attached hydrogen (secondary N) is 4. The zero-order chi connectivity index (χ0) is 38.3. The molecule has 0 bridgehead atoms. The minimum Gasteiger partial charge on any atom is -0.346 e. The molecule has 0 aromatic rings. The van der Waals surface area contributed by atoms with Gasteiger partial charge in [0.1, 0.15) is 12.1 Å². The lowest BCUT2D eigenvalue weighted by atomic mass is 9.79. The second kappa shape index (κ2) is 15.1. The van der Waals surface area contributed by atoms with Crippen molar-refractivity contribution in [2.45, 2.75) is 153 Å². The molecule has 1 aliphatic heterocycles. The number of piperidine rings is 1. The molecular formula is C39H63N5O7S. The number of likely N-dealkylation sites (tertiary alicyclic amines) is 1. The fourth-order valence-corrected chi connectivity index (χ4v) is 11.0. The third kappa shape index (κ3) is 8.23. The largest absolute Gasteiger partial charge is 0.346 e. The van der Waals surface area contributed by atoms with Crippen LogP contribution in [0.5, 0.6) is 0 Å². The van der Waals surface area contributed by atoms with E-state index in [1.54, 1.807) is 25.7 Å². The molecule has 1 saturated heterocycles. The highest BCUT2D eigenvalue weighted by atomic mass is 32.2. The fraction of sp³-hybridized carbons (Fsp3) is 0.821.